The topological polar surface area (TPSA) is 105 Å². The largest absolute Gasteiger partial charge is 0.481 e. The molecule has 1 saturated heterocycles. The number of carbonyl (C=O) groups excluding carboxylic acids is 2. The molecule has 8 heteroatoms. The predicted octanol–water partition coefficient (Wildman–Crippen LogP) is 3.40. The number of carbonyl (C=O) groups is 3. The summed E-state index contributed by atoms with van der Waals surface area (Å²) in [6, 6.07) is 15.1. The van der Waals surface area contributed by atoms with Gasteiger partial charge in [0.15, 0.2) is 0 Å². The Morgan fingerprint density at radius 3 is 2.35 bits per heavy atom. The Morgan fingerprint density at radius 1 is 1.09 bits per heavy atom. The molecule has 1 fully saturated rings. The molecule has 2 aromatic carbocycles. The molecule has 0 bridgehead atoms. The highest BCUT2D eigenvalue weighted by Crippen LogP contribution is 2.44. The van der Waals surface area contributed by atoms with Crippen molar-refractivity contribution in [3.05, 3.63) is 59.7 Å². The molecule has 4 rings (SSSR count). The van der Waals surface area contributed by atoms with Crippen LogP contribution in [-0.4, -0.2) is 66.9 Å². The van der Waals surface area contributed by atoms with Crippen molar-refractivity contribution >= 4 is 18.0 Å². The molecule has 2 aromatic rings. The van der Waals surface area contributed by atoms with E-state index in [-0.39, 0.29) is 37.4 Å². The van der Waals surface area contributed by atoms with Crippen molar-refractivity contribution in [3.8, 4) is 11.1 Å². The Morgan fingerprint density at radius 2 is 1.74 bits per heavy atom. The number of nitrogens with one attached hydrogen (secondary N) is 1. The Balaban J connectivity index is 1.42. The zero-order valence-corrected chi connectivity index (χ0v) is 19.2. The summed E-state index contributed by atoms with van der Waals surface area (Å²) in [6.07, 6.45) is 0.618. The second kappa shape index (κ2) is 10.7. The molecule has 1 aliphatic heterocycles. The van der Waals surface area contributed by atoms with Gasteiger partial charge in [-0.2, -0.15) is 0 Å². The number of benzene rings is 2. The van der Waals surface area contributed by atoms with E-state index < -0.39 is 18.1 Å². The highest BCUT2D eigenvalue weighted by molar-refractivity contribution is 5.86. The van der Waals surface area contributed by atoms with Crippen LogP contribution in [0.25, 0.3) is 11.1 Å². The first-order valence-electron chi connectivity index (χ1n) is 11.6. The number of alkyl carbamates (subject to hydrolysis) is 1. The summed E-state index contributed by atoms with van der Waals surface area (Å²) in [5, 5.41) is 11.7. The second-order valence-corrected chi connectivity index (χ2v) is 8.74. The molecule has 2 aliphatic rings. The zero-order chi connectivity index (χ0) is 24.1. The lowest BCUT2D eigenvalue weighted by molar-refractivity contribution is -0.139. The van der Waals surface area contributed by atoms with Crippen LogP contribution in [0.4, 0.5) is 4.79 Å². The van der Waals surface area contributed by atoms with Crippen LogP contribution >= 0.6 is 0 Å². The number of carboxylic acids is 1. The molecule has 2 amide bonds. The number of likely N-dealkylation sites (tertiary alicyclic amines) is 1. The summed E-state index contributed by atoms with van der Waals surface area (Å²) in [5.74, 6) is -1.44. The van der Waals surface area contributed by atoms with Crippen LogP contribution in [0.3, 0.4) is 0 Å². The lowest BCUT2D eigenvalue weighted by Crippen LogP contribution is -2.52. The Hall–Kier alpha value is -3.39. The van der Waals surface area contributed by atoms with E-state index in [1.165, 1.54) is 0 Å². The number of carboxylic acid groups (broad SMARTS) is 1. The highest BCUT2D eigenvalue weighted by Gasteiger charge is 2.32. The van der Waals surface area contributed by atoms with Gasteiger partial charge in [0.25, 0.3) is 0 Å². The van der Waals surface area contributed by atoms with Crippen LogP contribution in [0, 0.1) is 0 Å². The van der Waals surface area contributed by atoms with Gasteiger partial charge in [0, 0.05) is 32.5 Å². The zero-order valence-electron chi connectivity index (χ0n) is 19.2. The van der Waals surface area contributed by atoms with Gasteiger partial charge in [-0.3, -0.25) is 9.59 Å². The highest BCUT2D eigenvalue weighted by atomic mass is 16.5. The molecule has 2 N–H and O–H groups in total. The summed E-state index contributed by atoms with van der Waals surface area (Å²) in [5.41, 5.74) is 4.43. The van der Waals surface area contributed by atoms with Crippen LogP contribution in [0.2, 0.25) is 0 Å². The molecule has 1 aliphatic carbocycles. The van der Waals surface area contributed by atoms with Crippen LogP contribution in [-0.2, 0) is 19.1 Å². The minimum Gasteiger partial charge on any atom is -0.481 e. The molecule has 2 atom stereocenters. The Bertz CT molecular complexity index is 1010. The third kappa shape index (κ3) is 5.22. The number of rotatable bonds is 8. The van der Waals surface area contributed by atoms with Crippen molar-refractivity contribution < 1.29 is 29.0 Å². The van der Waals surface area contributed by atoms with E-state index in [1.807, 2.05) is 36.4 Å². The third-order valence-corrected chi connectivity index (χ3v) is 6.60. The number of hydrogen-bond donors (Lipinski definition) is 2. The Kier molecular flexibility index (Phi) is 7.47. The first kappa shape index (κ1) is 23.8. The number of fused-ring (bicyclic) bond motifs is 3. The van der Waals surface area contributed by atoms with Gasteiger partial charge in [-0.1, -0.05) is 48.5 Å². The van der Waals surface area contributed by atoms with E-state index in [1.54, 1.807) is 12.0 Å². The predicted molar refractivity (Wildman–Crippen MR) is 125 cm³/mol. The smallest absolute Gasteiger partial charge is 0.407 e. The minimum atomic E-state index is -1.03. The van der Waals surface area contributed by atoms with Crippen molar-refractivity contribution in [3.63, 3.8) is 0 Å². The second-order valence-electron chi connectivity index (χ2n) is 8.74. The fourth-order valence-electron chi connectivity index (χ4n) is 4.86. The average molecular weight is 467 g/mol. The quantitative estimate of drug-likeness (QED) is 0.618. The molecule has 2 unspecified atom stereocenters. The van der Waals surface area contributed by atoms with Crippen molar-refractivity contribution in [2.45, 2.75) is 43.7 Å². The van der Waals surface area contributed by atoms with Crippen molar-refractivity contribution in [2.24, 2.45) is 0 Å². The van der Waals surface area contributed by atoms with Gasteiger partial charge in [-0.15, -0.1) is 0 Å². The minimum absolute atomic E-state index is 0.00743. The fraction of sp³-hybridized carbons (Fsp3) is 0.423. The molecule has 0 radical (unpaired) electrons. The molecule has 0 saturated carbocycles. The normalized spacial score (nSPS) is 18.0. The van der Waals surface area contributed by atoms with E-state index in [9.17, 15) is 14.4 Å². The van der Waals surface area contributed by atoms with E-state index >= 15 is 0 Å². The number of piperidine rings is 1. The molecular formula is C26H30N2O6. The summed E-state index contributed by atoms with van der Waals surface area (Å²) < 4.78 is 10.9. The third-order valence-electron chi connectivity index (χ3n) is 6.60. The van der Waals surface area contributed by atoms with E-state index in [0.29, 0.717) is 13.1 Å². The molecule has 1 heterocycles. The van der Waals surface area contributed by atoms with E-state index in [4.69, 9.17) is 14.6 Å². The fourth-order valence-corrected chi connectivity index (χ4v) is 4.86. The summed E-state index contributed by atoms with van der Waals surface area (Å²) >= 11 is 0. The van der Waals surface area contributed by atoms with Gasteiger partial charge in [-0.05, 0) is 41.5 Å². The average Bonchev–Trinajstić information content (AvgIpc) is 3.18. The maximum Gasteiger partial charge on any atom is 0.407 e. The van der Waals surface area contributed by atoms with Crippen molar-refractivity contribution in [2.75, 3.05) is 26.8 Å². The first-order chi connectivity index (χ1) is 16.5. The molecule has 180 valence electrons. The van der Waals surface area contributed by atoms with Gasteiger partial charge in [0.2, 0.25) is 5.91 Å². The summed E-state index contributed by atoms with van der Waals surface area (Å²) in [7, 11) is 1.61. The Labute approximate surface area is 198 Å². The van der Waals surface area contributed by atoms with Crippen molar-refractivity contribution in [1.29, 1.82) is 0 Å². The molecule has 0 aromatic heterocycles. The van der Waals surface area contributed by atoms with Gasteiger partial charge in [0.05, 0.1) is 6.10 Å². The lowest BCUT2D eigenvalue weighted by Gasteiger charge is -2.34. The van der Waals surface area contributed by atoms with Crippen LogP contribution in [0.1, 0.15) is 42.7 Å². The SMILES string of the molecule is COC1CCCN(C(=O)C(CCC(=O)O)NC(=O)OCC2c3ccccc3-c3ccccc32)C1. The monoisotopic (exact) mass is 466 g/mol. The van der Waals surface area contributed by atoms with Gasteiger partial charge >= 0.3 is 12.1 Å². The van der Waals surface area contributed by atoms with Gasteiger partial charge in [-0.25, -0.2) is 4.79 Å². The molecule has 8 nitrogen and oxygen atoms in total. The molecule has 0 spiro atoms. The number of nitrogens with zero attached hydrogens (tertiary/aromatic N) is 1. The lowest BCUT2D eigenvalue weighted by atomic mass is 9.98. The van der Waals surface area contributed by atoms with Gasteiger partial charge in [0.1, 0.15) is 12.6 Å². The number of amides is 2. The van der Waals surface area contributed by atoms with E-state index in [2.05, 4.69) is 17.4 Å². The summed E-state index contributed by atoms with van der Waals surface area (Å²) in [4.78, 5) is 38.6. The number of ether oxygens (including phenoxy) is 2. The number of aliphatic carboxylic acids is 1. The summed E-state index contributed by atoms with van der Waals surface area (Å²) in [6.45, 7) is 1.09. The molecular weight excluding hydrogens is 436 g/mol. The van der Waals surface area contributed by atoms with Crippen molar-refractivity contribution in [1.82, 2.24) is 10.2 Å². The maximum atomic E-state index is 13.1. The standard InChI is InChI=1S/C26H30N2O6/c1-33-17-7-6-14-28(15-17)25(31)23(12-13-24(29)30)27-26(32)34-16-22-20-10-4-2-8-18(20)19-9-3-5-11-21(19)22/h2-5,8-11,17,22-23H,6-7,12-16H2,1H3,(H,27,32)(H,29,30). The van der Waals surface area contributed by atoms with E-state index in [0.717, 1.165) is 35.1 Å². The number of methoxy groups -OCH3 is 1. The van der Waals surface area contributed by atoms with Crippen LogP contribution < -0.4 is 5.32 Å². The van der Waals surface area contributed by atoms with Crippen LogP contribution in [0.15, 0.2) is 48.5 Å². The molecule has 34 heavy (non-hydrogen) atoms. The van der Waals surface area contributed by atoms with Gasteiger partial charge < -0.3 is 24.8 Å². The maximum absolute atomic E-state index is 13.1. The first-order valence-corrected chi connectivity index (χ1v) is 11.6. The van der Waals surface area contributed by atoms with Crippen LogP contribution in [0.5, 0.6) is 0 Å². The number of hydrogen-bond acceptors (Lipinski definition) is 5.